The maximum Gasteiger partial charge on any atom is 0.283 e. The normalized spacial score (nSPS) is 20.6. The molecular formula is C22H27Cl3N2O2. The van der Waals surface area contributed by atoms with Gasteiger partial charge in [0.05, 0.1) is 5.69 Å². The summed E-state index contributed by atoms with van der Waals surface area (Å²) in [6, 6.07) is 4.76. The zero-order valence-electron chi connectivity index (χ0n) is 16.5. The number of rotatable bonds is 3. The Kier molecular flexibility index (Phi) is 8.28. The van der Waals surface area contributed by atoms with Gasteiger partial charge in [-0.05, 0) is 31.0 Å². The van der Waals surface area contributed by atoms with Crippen LogP contribution in [0.15, 0.2) is 28.9 Å². The summed E-state index contributed by atoms with van der Waals surface area (Å²) in [5.41, 5.74) is 0.510. The number of nitrogens with zero attached hydrogens (tertiary/aromatic N) is 1. The molecule has 1 heterocycles. The van der Waals surface area contributed by atoms with Crippen LogP contribution >= 0.6 is 34.8 Å². The van der Waals surface area contributed by atoms with Crippen LogP contribution in [0.5, 0.6) is 0 Å². The fraction of sp³-hybridized carbons (Fsp3) is 0.545. The van der Waals surface area contributed by atoms with E-state index in [0.29, 0.717) is 15.7 Å². The van der Waals surface area contributed by atoms with Gasteiger partial charge in [0.2, 0.25) is 0 Å². The maximum atomic E-state index is 13.0. The number of anilines is 1. The van der Waals surface area contributed by atoms with E-state index in [1.54, 1.807) is 6.07 Å². The van der Waals surface area contributed by atoms with Crippen molar-refractivity contribution in [1.82, 2.24) is 5.32 Å². The molecule has 0 radical (unpaired) electrons. The lowest BCUT2D eigenvalue weighted by Gasteiger charge is -2.22. The fourth-order valence-electron chi connectivity index (χ4n) is 4.04. The minimum Gasteiger partial charge on any atom is -0.376 e. The third-order valence-electron chi connectivity index (χ3n) is 5.59. The summed E-state index contributed by atoms with van der Waals surface area (Å²) in [4.78, 5) is 26.7. The molecule has 1 saturated carbocycles. The number of imide groups is 1. The van der Waals surface area contributed by atoms with E-state index in [9.17, 15) is 9.59 Å². The molecule has 1 N–H and O–H groups in total. The van der Waals surface area contributed by atoms with Crippen molar-refractivity contribution in [2.24, 2.45) is 0 Å². The first-order chi connectivity index (χ1) is 14.0. The van der Waals surface area contributed by atoms with Crippen LogP contribution < -0.4 is 10.2 Å². The molecule has 1 aromatic carbocycles. The van der Waals surface area contributed by atoms with Gasteiger partial charge in [-0.25, -0.2) is 4.90 Å². The van der Waals surface area contributed by atoms with Gasteiger partial charge in [-0.2, -0.15) is 0 Å². The van der Waals surface area contributed by atoms with Gasteiger partial charge in [0.15, 0.2) is 0 Å². The van der Waals surface area contributed by atoms with E-state index in [1.807, 2.05) is 0 Å². The Hall–Kier alpha value is -1.23. The Morgan fingerprint density at radius 1 is 0.724 bits per heavy atom. The van der Waals surface area contributed by atoms with Crippen molar-refractivity contribution in [1.29, 1.82) is 0 Å². The van der Waals surface area contributed by atoms with Crippen molar-refractivity contribution < 1.29 is 9.59 Å². The van der Waals surface area contributed by atoms with Crippen molar-refractivity contribution >= 4 is 52.3 Å². The molecule has 0 bridgehead atoms. The average molecular weight is 458 g/mol. The van der Waals surface area contributed by atoms with E-state index in [1.165, 1.54) is 57.1 Å². The van der Waals surface area contributed by atoms with Crippen molar-refractivity contribution in [2.45, 2.75) is 76.7 Å². The topological polar surface area (TPSA) is 49.4 Å². The minimum atomic E-state index is -0.550. The molecule has 158 valence electrons. The third kappa shape index (κ3) is 5.90. The van der Waals surface area contributed by atoms with Gasteiger partial charge in [-0.3, -0.25) is 9.59 Å². The first-order valence-corrected chi connectivity index (χ1v) is 11.6. The molecule has 0 atom stereocenters. The number of halogens is 3. The van der Waals surface area contributed by atoms with Gasteiger partial charge in [0, 0.05) is 16.1 Å². The molecule has 2 aliphatic rings. The zero-order valence-corrected chi connectivity index (χ0v) is 18.8. The van der Waals surface area contributed by atoms with E-state index >= 15 is 0 Å². The summed E-state index contributed by atoms with van der Waals surface area (Å²) in [5.74, 6) is -1.00. The highest BCUT2D eigenvalue weighted by Gasteiger charge is 2.39. The Balaban J connectivity index is 1.72. The molecule has 0 spiro atoms. The summed E-state index contributed by atoms with van der Waals surface area (Å²) < 4.78 is 0. The second-order valence-corrected chi connectivity index (χ2v) is 9.11. The second-order valence-electron chi connectivity index (χ2n) is 7.86. The molecule has 1 aromatic rings. The molecule has 1 aliphatic heterocycles. The van der Waals surface area contributed by atoms with E-state index < -0.39 is 11.8 Å². The molecule has 29 heavy (non-hydrogen) atoms. The van der Waals surface area contributed by atoms with Crippen LogP contribution in [0.3, 0.4) is 0 Å². The highest BCUT2D eigenvalue weighted by Crippen LogP contribution is 2.32. The first kappa shape index (κ1) is 22.5. The number of nitrogens with one attached hydrogen (secondary N) is 1. The molecule has 4 nitrogen and oxygen atoms in total. The lowest BCUT2D eigenvalue weighted by atomic mass is 9.98. The van der Waals surface area contributed by atoms with Crippen LogP contribution in [0.1, 0.15) is 70.6 Å². The summed E-state index contributed by atoms with van der Waals surface area (Å²) in [5, 5.41) is 3.93. The number of benzene rings is 1. The average Bonchev–Trinajstić information content (AvgIpc) is 2.86. The Morgan fingerprint density at radius 2 is 1.21 bits per heavy atom. The Morgan fingerprint density at radius 3 is 1.72 bits per heavy atom. The molecule has 0 aromatic heterocycles. The van der Waals surface area contributed by atoms with Gasteiger partial charge in [-0.15, -0.1) is 0 Å². The predicted molar refractivity (Wildman–Crippen MR) is 120 cm³/mol. The van der Waals surface area contributed by atoms with Gasteiger partial charge in [0.1, 0.15) is 10.7 Å². The van der Waals surface area contributed by atoms with E-state index in [2.05, 4.69) is 5.32 Å². The lowest BCUT2D eigenvalue weighted by molar-refractivity contribution is -0.120. The largest absolute Gasteiger partial charge is 0.376 e. The summed E-state index contributed by atoms with van der Waals surface area (Å²) in [6.45, 7) is 0. The van der Waals surface area contributed by atoms with E-state index in [0.717, 1.165) is 30.6 Å². The summed E-state index contributed by atoms with van der Waals surface area (Å²) in [6.07, 6.45) is 13.0. The molecular weight excluding hydrogens is 431 g/mol. The van der Waals surface area contributed by atoms with Crippen LogP contribution in [-0.4, -0.2) is 17.9 Å². The fourth-order valence-corrected chi connectivity index (χ4v) is 4.78. The van der Waals surface area contributed by atoms with Crippen LogP contribution in [-0.2, 0) is 9.59 Å². The molecule has 3 rings (SSSR count). The van der Waals surface area contributed by atoms with Crippen molar-refractivity contribution in [2.75, 3.05) is 4.90 Å². The number of carbonyl (C=O) groups excluding carboxylic acids is 2. The van der Waals surface area contributed by atoms with E-state index in [-0.39, 0.29) is 16.8 Å². The first-order valence-electron chi connectivity index (χ1n) is 10.5. The standard InChI is InChI=1S/C22H27Cl3N2O2/c23-15-12-16(24)14-18(13-15)27-21(28)19(25)20(22(27)29)26-17-10-8-6-4-2-1-3-5-7-9-11-17/h12-14,17,26H,1-11H2. The zero-order chi connectivity index (χ0) is 20.8. The van der Waals surface area contributed by atoms with Crippen molar-refractivity contribution in [3.8, 4) is 0 Å². The predicted octanol–water partition coefficient (Wildman–Crippen LogP) is 6.58. The highest BCUT2D eigenvalue weighted by atomic mass is 35.5. The van der Waals surface area contributed by atoms with Crippen molar-refractivity contribution in [3.05, 3.63) is 39.0 Å². The molecule has 1 aliphatic carbocycles. The second kappa shape index (κ2) is 10.7. The Labute approximate surface area is 187 Å². The van der Waals surface area contributed by atoms with Gasteiger partial charge >= 0.3 is 0 Å². The summed E-state index contributed by atoms with van der Waals surface area (Å²) in [7, 11) is 0. The third-order valence-corrected chi connectivity index (χ3v) is 6.37. The molecule has 0 saturated heterocycles. The number of amides is 2. The number of carbonyl (C=O) groups is 2. The smallest absolute Gasteiger partial charge is 0.283 e. The molecule has 7 heteroatoms. The summed E-state index contributed by atoms with van der Waals surface area (Å²) >= 11 is 18.4. The van der Waals surface area contributed by atoms with Crippen LogP contribution in [0, 0.1) is 0 Å². The van der Waals surface area contributed by atoms with Crippen LogP contribution in [0.25, 0.3) is 0 Å². The quantitative estimate of drug-likeness (QED) is 0.521. The van der Waals surface area contributed by atoms with Gasteiger partial charge in [-0.1, -0.05) is 92.6 Å². The highest BCUT2D eigenvalue weighted by molar-refractivity contribution is 6.52. The molecule has 0 unspecified atom stereocenters. The van der Waals surface area contributed by atoms with E-state index in [4.69, 9.17) is 34.8 Å². The lowest BCUT2D eigenvalue weighted by Crippen LogP contribution is -2.37. The van der Waals surface area contributed by atoms with Gasteiger partial charge < -0.3 is 5.32 Å². The molecule has 1 fully saturated rings. The Bertz CT molecular complexity index is 762. The van der Waals surface area contributed by atoms with Crippen molar-refractivity contribution in [3.63, 3.8) is 0 Å². The van der Waals surface area contributed by atoms with Crippen LogP contribution in [0.4, 0.5) is 5.69 Å². The number of hydrogen-bond donors (Lipinski definition) is 1. The van der Waals surface area contributed by atoms with Gasteiger partial charge in [0.25, 0.3) is 11.8 Å². The maximum absolute atomic E-state index is 13.0. The molecule has 2 amide bonds. The number of hydrogen-bond acceptors (Lipinski definition) is 3. The minimum absolute atomic E-state index is 0.0720. The van der Waals surface area contributed by atoms with Crippen LogP contribution in [0.2, 0.25) is 10.0 Å². The SMILES string of the molecule is O=C1C(Cl)=C(NC2CCCCCCCCCCC2)C(=O)N1c1cc(Cl)cc(Cl)c1. The monoisotopic (exact) mass is 456 g/mol.